The Kier molecular flexibility index (Phi) is 4.74. The molecule has 0 unspecified atom stereocenters. The molecule has 1 N–H and O–H groups in total. The first kappa shape index (κ1) is 15.4. The molecule has 1 heterocycles. The highest BCUT2D eigenvalue weighted by Crippen LogP contribution is 2.24. The molecule has 0 atom stereocenters. The van der Waals surface area contributed by atoms with E-state index in [0.29, 0.717) is 16.1 Å². The predicted octanol–water partition coefficient (Wildman–Crippen LogP) is 2.56. The van der Waals surface area contributed by atoms with Gasteiger partial charge in [-0.3, -0.25) is 4.72 Å². The van der Waals surface area contributed by atoms with E-state index in [1.165, 1.54) is 23.5 Å². The van der Waals surface area contributed by atoms with Gasteiger partial charge in [0.2, 0.25) is 5.13 Å². The lowest BCUT2D eigenvalue weighted by molar-refractivity contribution is 0.184. The smallest absolute Gasteiger partial charge is 0.263 e. The van der Waals surface area contributed by atoms with Crippen LogP contribution in [0.3, 0.4) is 0 Å². The van der Waals surface area contributed by atoms with Crippen molar-refractivity contribution in [1.82, 2.24) is 10.2 Å². The monoisotopic (exact) mass is 377 g/mol. The van der Waals surface area contributed by atoms with Crippen LogP contribution in [0.1, 0.15) is 10.6 Å². The third-order valence-corrected chi connectivity index (χ3v) is 5.34. The van der Waals surface area contributed by atoms with Crippen molar-refractivity contribution in [3.8, 4) is 0 Å². The van der Waals surface area contributed by atoms with Crippen molar-refractivity contribution in [3.63, 3.8) is 0 Å². The minimum absolute atomic E-state index is 0.150. The molecule has 0 fully saturated rings. The van der Waals surface area contributed by atoms with Crippen molar-refractivity contribution >= 4 is 42.4 Å². The summed E-state index contributed by atoms with van der Waals surface area (Å²) in [5.74, 6) is 0. The van der Waals surface area contributed by atoms with E-state index in [-0.39, 0.29) is 10.0 Å². The fourth-order valence-corrected chi connectivity index (χ4v) is 3.97. The Morgan fingerprint density at radius 1 is 1.40 bits per heavy atom. The third kappa shape index (κ3) is 3.54. The molecule has 0 saturated carbocycles. The number of aryl methyl sites for hydroxylation is 1. The average Bonchev–Trinajstić information content (AvgIpc) is 2.76. The van der Waals surface area contributed by atoms with Crippen molar-refractivity contribution in [2.45, 2.75) is 18.4 Å². The van der Waals surface area contributed by atoms with Crippen molar-refractivity contribution < 1.29 is 13.2 Å². The van der Waals surface area contributed by atoms with Crippen LogP contribution in [0.4, 0.5) is 5.13 Å². The number of aromatic nitrogens is 2. The maximum atomic E-state index is 12.2. The Morgan fingerprint density at radius 2 is 2.15 bits per heavy atom. The predicted molar refractivity (Wildman–Crippen MR) is 80.3 cm³/mol. The number of sulfonamides is 1. The molecule has 0 aliphatic carbocycles. The van der Waals surface area contributed by atoms with Gasteiger partial charge < -0.3 is 4.74 Å². The van der Waals surface area contributed by atoms with E-state index >= 15 is 0 Å². The van der Waals surface area contributed by atoms with E-state index in [2.05, 4.69) is 30.8 Å². The number of hydrogen-bond donors (Lipinski definition) is 1. The molecule has 2 aromatic rings. The molecule has 1 aromatic carbocycles. The van der Waals surface area contributed by atoms with E-state index in [1.807, 2.05) is 0 Å². The second kappa shape index (κ2) is 6.17. The van der Waals surface area contributed by atoms with Crippen molar-refractivity contribution in [1.29, 1.82) is 0 Å². The summed E-state index contributed by atoms with van der Waals surface area (Å²) in [6, 6.07) is 4.76. The maximum absolute atomic E-state index is 12.2. The van der Waals surface area contributed by atoms with Crippen LogP contribution in [0, 0.1) is 6.92 Å². The molecular formula is C11H12BrN3O3S2. The molecule has 0 aliphatic heterocycles. The van der Waals surface area contributed by atoms with E-state index in [9.17, 15) is 8.42 Å². The molecule has 1 aromatic heterocycles. The Hall–Kier alpha value is -1.03. The lowest BCUT2D eigenvalue weighted by Crippen LogP contribution is -2.13. The Morgan fingerprint density at radius 3 is 2.70 bits per heavy atom. The van der Waals surface area contributed by atoms with Gasteiger partial charge in [0, 0.05) is 11.6 Å². The number of ether oxygens (including phenoxy) is 1. The van der Waals surface area contributed by atoms with Crippen LogP contribution in [0.25, 0.3) is 0 Å². The molecule has 20 heavy (non-hydrogen) atoms. The van der Waals surface area contributed by atoms with Crippen LogP contribution >= 0.6 is 27.3 Å². The van der Waals surface area contributed by atoms with Gasteiger partial charge in [0.05, 0.1) is 11.5 Å². The van der Waals surface area contributed by atoms with Gasteiger partial charge in [0.25, 0.3) is 10.0 Å². The fourth-order valence-electron chi connectivity index (χ4n) is 1.48. The summed E-state index contributed by atoms with van der Waals surface area (Å²) >= 11 is 4.51. The lowest BCUT2D eigenvalue weighted by Gasteiger charge is -2.08. The number of anilines is 1. The van der Waals surface area contributed by atoms with Gasteiger partial charge in [-0.25, -0.2) is 8.42 Å². The van der Waals surface area contributed by atoms with Gasteiger partial charge in [0.15, 0.2) is 0 Å². The first-order valence-corrected chi connectivity index (χ1v) is 8.62. The van der Waals surface area contributed by atoms with Crippen LogP contribution in [0.15, 0.2) is 27.6 Å². The summed E-state index contributed by atoms with van der Waals surface area (Å²) in [5.41, 5.74) is 0.873. The molecule has 6 nitrogen and oxygen atoms in total. The Bertz CT molecular complexity index is 715. The van der Waals surface area contributed by atoms with Crippen molar-refractivity contribution in [2.24, 2.45) is 0 Å². The topological polar surface area (TPSA) is 81.2 Å². The molecule has 108 valence electrons. The summed E-state index contributed by atoms with van der Waals surface area (Å²) in [6.45, 7) is 2.16. The molecular weight excluding hydrogens is 366 g/mol. The molecule has 0 spiro atoms. The second-order valence-electron chi connectivity index (χ2n) is 3.92. The number of nitrogens with one attached hydrogen (secondary N) is 1. The Labute approximate surface area is 129 Å². The summed E-state index contributed by atoms with van der Waals surface area (Å²) in [5, 5.41) is 8.45. The minimum atomic E-state index is -3.67. The number of benzene rings is 1. The quantitative estimate of drug-likeness (QED) is 0.865. The largest absolute Gasteiger partial charge is 0.380 e. The molecule has 0 bridgehead atoms. The zero-order chi connectivity index (χ0) is 14.8. The average molecular weight is 378 g/mol. The van der Waals surface area contributed by atoms with Gasteiger partial charge in [0.1, 0.15) is 5.01 Å². The van der Waals surface area contributed by atoms with Crippen molar-refractivity contribution in [2.75, 3.05) is 11.8 Å². The molecule has 0 aliphatic rings. The van der Waals surface area contributed by atoms with Gasteiger partial charge in [-0.05, 0) is 24.6 Å². The lowest BCUT2D eigenvalue weighted by atomic mass is 10.2. The zero-order valence-corrected chi connectivity index (χ0v) is 14.0. The molecule has 0 amide bonds. The summed E-state index contributed by atoms with van der Waals surface area (Å²) in [6.07, 6.45) is 0. The SMILES string of the molecule is COCc1ccc(S(=O)(=O)Nc2nnc(C)s2)cc1Br. The van der Waals surface area contributed by atoms with Gasteiger partial charge in [-0.2, -0.15) is 0 Å². The van der Waals surface area contributed by atoms with E-state index in [0.717, 1.165) is 5.56 Å². The maximum Gasteiger partial charge on any atom is 0.263 e. The standard InChI is InChI=1S/C11H12BrN3O3S2/c1-7-13-14-11(19-7)15-20(16,17)9-4-3-8(6-18-2)10(12)5-9/h3-5H,6H2,1-2H3,(H,14,15). The highest BCUT2D eigenvalue weighted by atomic mass is 79.9. The molecule has 0 radical (unpaired) electrons. The number of hydrogen-bond acceptors (Lipinski definition) is 6. The second-order valence-corrected chi connectivity index (χ2v) is 7.64. The highest BCUT2D eigenvalue weighted by molar-refractivity contribution is 9.10. The van der Waals surface area contributed by atoms with Gasteiger partial charge in [-0.1, -0.05) is 33.3 Å². The van der Waals surface area contributed by atoms with E-state index in [1.54, 1.807) is 20.1 Å². The van der Waals surface area contributed by atoms with Crippen molar-refractivity contribution in [3.05, 3.63) is 33.2 Å². The normalized spacial score (nSPS) is 11.6. The number of halogens is 1. The minimum Gasteiger partial charge on any atom is -0.380 e. The highest BCUT2D eigenvalue weighted by Gasteiger charge is 2.17. The molecule has 2 rings (SSSR count). The van der Waals surface area contributed by atoms with Crippen LogP contribution in [0.2, 0.25) is 0 Å². The van der Waals surface area contributed by atoms with Crippen LogP contribution < -0.4 is 4.72 Å². The van der Waals surface area contributed by atoms with E-state index < -0.39 is 10.0 Å². The van der Waals surface area contributed by atoms with Crippen LogP contribution in [0.5, 0.6) is 0 Å². The third-order valence-electron chi connectivity index (χ3n) is 2.38. The Balaban J connectivity index is 2.27. The first-order valence-electron chi connectivity index (χ1n) is 5.52. The van der Waals surface area contributed by atoms with Gasteiger partial charge in [-0.15, -0.1) is 10.2 Å². The summed E-state index contributed by atoms with van der Waals surface area (Å²) in [4.78, 5) is 0.150. The molecule has 0 saturated heterocycles. The van der Waals surface area contributed by atoms with E-state index in [4.69, 9.17) is 4.74 Å². The van der Waals surface area contributed by atoms with Crippen LogP contribution in [-0.2, 0) is 21.4 Å². The number of nitrogens with zero attached hydrogens (tertiary/aromatic N) is 2. The first-order chi connectivity index (χ1) is 9.42. The fraction of sp³-hybridized carbons (Fsp3) is 0.273. The number of rotatable bonds is 5. The van der Waals surface area contributed by atoms with Gasteiger partial charge >= 0.3 is 0 Å². The number of methoxy groups -OCH3 is 1. The summed E-state index contributed by atoms with van der Waals surface area (Å²) < 4.78 is 32.5. The summed E-state index contributed by atoms with van der Waals surface area (Å²) in [7, 11) is -2.09. The molecule has 9 heteroatoms. The zero-order valence-electron chi connectivity index (χ0n) is 10.8. The van der Waals surface area contributed by atoms with Crippen LogP contribution in [-0.4, -0.2) is 25.7 Å².